The normalized spacial score (nSPS) is 11.0. The smallest absolute Gasteiger partial charge is 0.261 e. The second-order valence-corrected chi connectivity index (χ2v) is 5.40. The van der Waals surface area contributed by atoms with Crippen molar-refractivity contribution in [3.05, 3.63) is 75.6 Å². The Morgan fingerprint density at radius 2 is 1.86 bits per heavy atom. The van der Waals surface area contributed by atoms with E-state index in [9.17, 15) is 9.18 Å². The largest absolute Gasteiger partial charge is 0.296 e. The lowest BCUT2D eigenvalue weighted by molar-refractivity contribution is 0.627. The molecule has 0 unspecified atom stereocenters. The molecule has 0 aliphatic carbocycles. The van der Waals surface area contributed by atoms with Crippen molar-refractivity contribution in [1.82, 2.24) is 9.55 Å². The SMILES string of the molecule is CCn1c(Cc2ccc(C)cc2)nc2ccc(F)cc2c1=O. The van der Waals surface area contributed by atoms with Crippen LogP contribution in [-0.4, -0.2) is 9.55 Å². The molecular weight excluding hydrogens is 279 g/mol. The van der Waals surface area contributed by atoms with Gasteiger partial charge in [-0.1, -0.05) is 29.8 Å². The standard InChI is InChI=1S/C18H17FN2O/c1-3-21-17(10-13-6-4-12(2)5-7-13)20-16-9-8-14(19)11-15(16)18(21)22/h4-9,11H,3,10H2,1-2H3. The van der Waals surface area contributed by atoms with E-state index in [1.54, 1.807) is 10.6 Å². The highest BCUT2D eigenvalue weighted by Gasteiger charge is 2.11. The molecule has 1 aromatic heterocycles. The van der Waals surface area contributed by atoms with Gasteiger partial charge in [-0.15, -0.1) is 0 Å². The van der Waals surface area contributed by atoms with Gasteiger partial charge >= 0.3 is 0 Å². The molecule has 4 heteroatoms. The minimum absolute atomic E-state index is 0.186. The molecule has 1 heterocycles. The van der Waals surface area contributed by atoms with Gasteiger partial charge in [0.25, 0.3) is 5.56 Å². The molecule has 0 fully saturated rings. The van der Waals surface area contributed by atoms with Gasteiger partial charge in [0.15, 0.2) is 0 Å². The molecule has 0 aliphatic rings. The van der Waals surface area contributed by atoms with Crippen LogP contribution in [-0.2, 0) is 13.0 Å². The van der Waals surface area contributed by atoms with Crippen molar-refractivity contribution in [3.63, 3.8) is 0 Å². The van der Waals surface area contributed by atoms with Crippen molar-refractivity contribution in [3.8, 4) is 0 Å². The second-order valence-electron chi connectivity index (χ2n) is 5.40. The van der Waals surface area contributed by atoms with Crippen molar-refractivity contribution >= 4 is 10.9 Å². The fourth-order valence-corrected chi connectivity index (χ4v) is 2.59. The molecule has 0 amide bonds. The topological polar surface area (TPSA) is 34.9 Å². The van der Waals surface area contributed by atoms with Crippen LogP contribution in [0, 0.1) is 12.7 Å². The lowest BCUT2D eigenvalue weighted by Gasteiger charge is -2.12. The minimum Gasteiger partial charge on any atom is -0.296 e. The molecule has 22 heavy (non-hydrogen) atoms. The van der Waals surface area contributed by atoms with Crippen molar-refractivity contribution in [2.24, 2.45) is 0 Å². The van der Waals surface area contributed by atoms with E-state index >= 15 is 0 Å². The first kappa shape index (κ1) is 14.4. The van der Waals surface area contributed by atoms with Gasteiger partial charge in [-0.2, -0.15) is 0 Å². The first-order chi connectivity index (χ1) is 10.6. The summed E-state index contributed by atoms with van der Waals surface area (Å²) in [6.07, 6.45) is 0.580. The van der Waals surface area contributed by atoms with E-state index in [1.165, 1.54) is 17.7 Å². The first-order valence-corrected chi connectivity index (χ1v) is 7.33. The molecule has 0 saturated heterocycles. The molecule has 0 spiro atoms. The van der Waals surface area contributed by atoms with Crippen molar-refractivity contribution in [2.45, 2.75) is 26.8 Å². The Balaban J connectivity index is 2.14. The van der Waals surface area contributed by atoms with Crippen LogP contribution in [0.5, 0.6) is 0 Å². The number of rotatable bonds is 3. The molecule has 112 valence electrons. The molecule has 0 bridgehead atoms. The number of aromatic nitrogens is 2. The summed E-state index contributed by atoms with van der Waals surface area (Å²) in [5.41, 5.74) is 2.65. The van der Waals surface area contributed by atoms with Gasteiger partial charge in [-0.3, -0.25) is 9.36 Å². The zero-order valence-electron chi connectivity index (χ0n) is 12.6. The van der Waals surface area contributed by atoms with Crippen LogP contribution in [0.15, 0.2) is 47.3 Å². The highest BCUT2D eigenvalue weighted by Crippen LogP contribution is 2.14. The summed E-state index contributed by atoms with van der Waals surface area (Å²) >= 11 is 0. The van der Waals surface area contributed by atoms with Gasteiger partial charge in [0, 0.05) is 13.0 Å². The molecule has 0 atom stereocenters. The Labute approximate surface area is 128 Å². The Kier molecular flexibility index (Phi) is 3.75. The van der Waals surface area contributed by atoms with Crippen LogP contribution in [0.2, 0.25) is 0 Å². The molecule has 3 rings (SSSR count). The molecule has 2 aromatic carbocycles. The number of hydrogen-bond acceptors (Lipinski definition) is 2. The molecule has 0 radical (unpaired) electrons. The first-order valence-electron chi connectivity index (χ1n) is 7.33. The van der Waals surface area contributed by atoms with Crippen LogP contribution >= 0.6 is 0 Å². The van der Waals surface area contributed by atoms with E-state index in [4.69, 9.17) is 0 Å². The van der Waals surface area contributed by atoms with E-state index in [1.807, 2.05) is 38.1 Å². The monoisotopic (exact) mass is 296 g/mol. The summed E-state index contributed by atoms with van der Waals surface area (Å²) in [7, 11) is 0. The van der Waals surface area contributed by atoms with Gasteiger partial charge in [0.1, 0.15) is 11.6 Å². The predicted molar refractivity (Wildman–Crippen MR) is 85.6 cm³/mol. The quantitative estimate of drug-likeness (QED) is 0.742. The summed E-state index contributed by atoms with van der Waals surface area (Å²) in [4.78, 5) is 17.1. The highest BCUT2D eigenvalue weighted by atomic mass is 19.1. The average Bonchev–Trinajstić information content (AvgIpc) is 2.51. The van der Waals surface area contributed by atoms with E-state index < -0.39 is 5.82 Å². The number of hydrogen-bond donors (Lipinski definition) is 0. The maximum atomic E-state index is 13.4. The van der Waals surface area contributed by atoms with E-state index in [-0.39, 0.29) is 5.56 Å². The Bertz CT molecular complexity index is 882. The number of nitrogens with zero attached hydrogens (tertiary/aromatic N) is 2. The van der Waals surface area contributed by atoms with Crippen molar-refractivity contribution < 1.29 is 4.39 Å². The molecular formula is C18H17FN2O. The molecule has 0 saturated carbocycles. The van der Waals surface area contributed by atoms with Gasteiger partial charge in [-0.25, -0.2) is 9.37 Å². The van der Waals surface area contributed by atoms with Gasteiger partial charge in [0.05, 0.1) is 10.9 Å². The predicted octanol–water partition coefficient (Wildman–Crippen LogP) is 3.45. The maximum Gasteiger partial charge on any atom is 0.261 e. The summed E-state index contributed by atoms with van der Waals surface area (Å²) < 4.78 is 15.0. The van der Waals surface area contributed by atoms with Crippen molar-refractivity contribution in [1.29, 1.82) is 0 Å². The van der Waals surface area contributed by atoms with Crippen LogP contribution in [0.3, 0.4) is 0 Å². The number of aryl methyl sites for hydroxylation is 1. The van der Waals surface area contributed by atoms with Gasteiger partial charge in [0.2, 0.25) is 0 Å². The third-order valence-electron chi connectivity index (χ3n) is 3.79. The van der Waals surface area contributed by atoms with Gasteiger partial charge < -0.3 is 0 Å². The fourth-order valence-electron chi connectivity index (χ4n) is 2.59. The van der Waals surface area contributed by atoms with Crippen molar-refractivity contribution in [2.75, 3.05) is 0 Å². The van der Waals surface area contributed by atoms with Crippen LogP contribution in [0.1, 0.15) is 23.9 Å². The number of fused-ring (bicyclic) bond motifs is 1. The van der Waals surface area contributed by atoms with E-state index in [0.29, 0.717) is 29.7 Å². The summed E-state index contributed by atoms with van der Waals surface area (Å²) in [5.74, 6) is 0.288. The van der Waals surface area contributed by atoms with E-state index in [0.717, 1.165) is 5.56 Å². The fraction of sp³-hybridized carbons (Fsp3) is 0.222. The summed E-state index contributed by atoms with van der Waals surface area (Å²) in [6, 6.07) is 12.3. The Morgan fingerprint density at radius 3 is 2.55 bits per heavy atom. The molecule has 3 aromatic rings. The zero-order valence-corrected chi connectivity index (χ0v) is 12.6. The minimum atomic E-state index is -0.416. The number of halogens is 1. The molecule has 3 nitrogen and oxygen atoms in total. The molecule has 0 aliphatic heterocycles. The van der Waals surface area contributed by atoms with E-state index in [2.05, 4.69) is 4.98 Å². The Morgan fingerprint density at radius 1 is 1.14 bits per heavy atom. The maximum absolute atomic E-state index is 13.4. The Hall–Kier alpha value is -2.49. The molecule has 0 N–H and O–H groups in total. The van der Waals surface area contributed by atoms with Gasteiger partial charge in [-0.05, 0) is 37.6 Å². The zero-order chi connectivity index (χ0) is 15.7. The van der Waals surface area contributed by atoms with Crippen LogP contribution in [0.4, 0.5) is 4.39 Å². The third-order valence-corrected chi connectivity index (χ3v) is 3.79. The highest BCUT2D eigenvalue weighted by molar-refractivity contribution is 5.77. The van der Waals surface area contributed by atoms with Crippen LogP contribution in [0.25, 0.3) is 10.9 Å². The number of benzene rings is 2. The van der Waals surface area contributed by atoms with Crippen LogP contribution < -0.4 is 5.56 Å². The summed E-state index contributed by atoms with van der Waals surface area (Å²) in [6.45, 7) is 4.45. The lowest BCUT2D eigenvalue weighted by Crippen LogP contribution is -2.25. The summed E-state index contributed by atoms with van der Waals surface area (Å²) in [5, 5.41) is 0.328. The third kappa shape index (κ3) is 2.64. The second kappa shape index (κ2) is 5.72. The lowest BCUT2D eigenvalue weighted by atomic mass is 10.1. The average molecular weight is 296 g/mol.